The largest absolute Gasteiger partial charge is 0.324 e. The lowest BCUT2D eigenvalue weighted by Crippen LogP contribution is -2.07. The predicted octanol–water partition coefficient (Wildman–Crippen LogP) is 5.64. The second-order valence-electron chi connectivity index (χ2n) is 6.12. The van der Waals surface area contributed by atoms with Crippen molar-refractivity contribution < 1.29 is 0 Å². The van der Waals surface area contributed by atoms with Crippen molar-refractivity contribution in [3.8, 4) is 0 Å². The first-order valence-electron chi connectivity index (χ1n) is 7.95. The van der Waals surface area contributed by atoms with Gasteiger partial charge in [-0.15, -0.1) is 0 Å². The Morgan fingerprint density at radius 3 is 2.59 bits per heavy atom. The number of nitrogens with zero attached hydrogens (tertiary/aromatic N) is 2. The Hall–Kier alpha value is -2.09. The van der Waals surface area contributed by atoms with Crippen LogP contribution in [0.15, 0.2) is 60.1 Å². The molecular weight excluding hydrogens is 268 g/mol. The van der Waals surface area contributed by atoms with Gasteiger partial charge in [-0.25, -0.2) is 4.98 Å². The van der Waals surface area contributed by atoms with Gasteiger partial charge in [0.1, 0.15) is 0 Å². The van der Waals surface area contributed by atoms with Crippen LogP contribution in [0.5, 0.6) is 0 Å². The average molecular weight is 294 g/mol. The highest BCUT2D eigenvalue weighted by molar-refractivity contribution is 5.48. The Morgan fingerprint density at radius 2 is 1.91 bits per heavy atom. The first-order chi connectivity index (χ1) is 10.6. The van der Waals surface area contributed by atoms with Crippen molar-refractivity contribution in [1.82, 2.24) is 9.55 Å². The minimum atomic E-state index is 0.292. The van der Waals surface area contributed by atoms with Crippen LogP contribution in [-0.2, 0) is 0 Å². The first-order valence-corrected chi connectivity index (χ1v) is 7.95. The molecule has 2 rings (SSSR count). The summed E-state index contributed by atoms with van der Waals surface area (Å²) in [7, 11) is 0. The van der Waals surface area contributed by atoms with Crippen LogP contribution in [0, 0.1) is 0 Å². The molecule has 2 nitrogen and oxygen atoms in total. The highest BCUT2D eigenvalue weighted by Crippen LogP contribution is 2.21. The molecule has 22 heavy (non-hydrogen) atoms. The van der Waals surface area contributed by atoms with E-state index in [4.69, 9.17) is 0 Å². The van der Waals surface area contributed by atoms with Gasteiger partial charge in [-0.3, -0.25) is 0 Å². The van der Waals surface area contributed by atoms with Gasteiger partial charge in [0.15, 0.2) is 0 Å². The van der Waals surface area contributed by atoms with Gasteiger partial charge in [0, 0.05) is 0 Å². The summed E-state index contributed by atoms with van der Waals surface area (Å²) in [5, 5.41) is 0. The van der Waals surface area contributed by atoms with Gasteiger partial charge in [0.2, 0.25) is 0 Å². The van der Waals surface area contributed by atoms with E-state index < -0.39 is 0 Å². The summed E-state index contributed by atoms with van der Waals surface area (Å²) in [5.41, 5.74) is 5.25. The molecule has 0 saturated heterocycles. The van der Waals surface area contributed by atoms with E-state index in [-0.39, 0.29) is 0 Å². The van der Waals surface area contributed by atoms with E-state index in [1.807, 2.05) is 12.5 Å². The van der Waals surface area contributed by atoms with Crippen LogP contribution in [0.25, 0.3) is 6.08 Å². The van der Waals surface area contributed by atoms with E-state index in [9.17, 15) is 0 Å². The number of hydrogen-bond donors (Lipinski definition) is 0. The van der Waals surface area contributed by atoms with Gasteiger partial charge in [-0.1, -0.05) is 47.6 Å². The maximum absolute atomic E-state index is 4.34. The second-order valence-corrected chi connectivity index (χ2v) is 6.12. The van der Waals surface area contributed by atoms with E-state index >= 15 is 0 Å². The minimum absolute atomic E-state index is 0.292. The molecule has 1 heterocycles. The van der Waals surface area contributed by atoms with Crippen LogP contribution in [0.4, 0.5) is 0 Å². The standard InChI is InChI=1S/C20H26N2/c1-16(2)9-8-10-17(3)13-20-14-21-15-22(20)18(4)19-11-6-5-7-12-19/h5-7,9,11-15,18H,8,10H2,1-4H3/b17-13+/t18-/m1/s1. The summed E-state index contributed by atoms with van der Waals surface area (Å²) in [6.07, 6.45) is 10.6. The van der Waals surface area contributed by atoms with E-state index in [0.29, 0.717) is 6.04 Å². The molecule has 116 valence electrons. The van der Waals surface area contributed by atoms with Gasteiger partial charge in [-0.05, 0) is 52.2 Å². The average Bonchev–Trinajstić information content (AvgIpc) is 2.95. The molecule has 0 amide bonds. The van der Waals surface area contributed by atoms with Crippen LogP contribution < -0.4 is 0 Å². The maximum atomic E-state index is 4.34. The zero-order valence-electron chi connectivity index (χ0n) is 14.1. The smallest absolute Gasteiger partial charge is 0.0956 e. The monoisotopic (exact) mass is 294 g/mol. The van der Waals surface area contributed by atoms with Crippen molar-refractivity contribution in [1.29, 1.82) is 0 Å². The van der Waals surface area contributed by atoms with Gasteiger partial charge in [0.25, 0.3) is 0 Å². The molecule has 0 aliphatic heterocycles. The fourth-order valence-electron chi connectivity index (χ4n) is 2.56. The lowest BCUT2D eigenvalue weighted by molar-refractivity contribution is 0.633. The van der Waals surface area contributed by atoms with Gasteiger partial charge < -0.3 is 4.57 Å². The third kappa shape index (κ3) is 4.45. The Labute approximate surface area is 134 Å². The Kier molecular flexibility index (Phi) is 5.76. The van der Waals surface area contributed by atoms with Crippen LogP contribution in [0.2, 0.25) is 0 Å². The van der Waals surface area contributed by atoms with Crippen molar-refractivity contribution in [3.05, 3.63) is 71.3 Å². The molecule has 2 aromatic rings. The van der Waals surface area contributed by atoms with E-state index in [0.717, 1.165) is 12.8 Å². The Balaban J connectivity index is 2.14. The first kappa shape index (κ1) is 16.3. The van der Waals surface area contributed by atoms with Gasteiger partial charge in [-0.2, -0.15) is 0 Å². The molecule has 0 fully saturated rings. The van der Waals surface area contributed by atoms with Gasteiger partial charge >= 0.3 is 0 Å². The second kappa shape index (κ2) is 7.79. The van der Waals surface area contributed by atoms with Crippen LogP contribution in [0.3, 0.4) is 0 Å². The quantitative estimate of drug-likeness (QED) is 0.630. The third-order valence-corrected chi connectivity index (χ3v) is 3.88. The summed E-state index contributed by atoms with van der Waals surface area (Å²) in [6.45, 7) is 8.71. The van der Waals surface area contributed by atoms with Crippen molar-refractivity contribution in [2.45, 2.75) is 46.6 Å². The molecule has 2 heteroatoms. The van der Waals surface area contributed by atoms with Crippen molar-refractivity contribution >= 4 is 6.08 Å². The van der Waals surface area contributed by atoms with Crippen molar-refractivity contribution in [2.24, 2.45) is 0 Å². The molecule has 0 aliphatic carbocycles. The molecule has 0 N–H and O–H groups in total. The van der Waals surface area contributed by atoms with Gasteiger partial charge in [0.05, 0.1) is 24.3 Å². The SMILES string of the molecule is CC(C)=CCC/C(C)=C/c1cncn1[C@H](C)c1ccccc1. The fourth-order valence-corrected chi connectivity index (χ4v) is 2.56. The maximum Gasteiger partial charge on any atom is 0.0956 e. The number of allylic oxidation sites excluding steroid dienone is 3. The molecule has 0 bridgehead atoms. The normalized spacial score (nSPS) is 13.0. The predicted molar refractivity (Wildman–Crippen MR) is 94.8 cm³/mol. The Bertz CT molecular complexity index is 643. The third-order valence-electron chi connectivity index (χ3n) is 3.88. The lowest BCUT2D eigenvalue weighted by atomic mass is 10.1. The Morgan fingerprint density at radius 1 is 1.18 bits per heavy atom. The highest BCUT2D eigenvalue weighted by atomic mass is 15.1. The molecule has 0 spiro atoms. The summed E-state index contributed by atoms with van der Waals surface area (Å²) < 4.78 is 2.24. The highest BCUT2D eigenvalue weighted by Gasteiger charge is 2.10. The molecular formula is C20H26N2. The number of aromatic nitrogens is 2. The minimum Gasteiger partial charge on any atom is -0.324 e. The van der Waals surface area contributed by atoms with Crippen LogP contribution in [-0.4, -0.2) is 9.55 Å². The van der Waals surface area contributed by atoms with Crippen molar-refractivity contribution in [3.63, 3.8) is 0 Å². The molecule has 1 aromatic carbocycles. The molecule has 0 saturated carbocycles. The molecule has 1 atom stereocenters. The number of rotatable bonds is 6. The summed E-state index contributed by atoms with van der Waals surface area (Å²) in [6, 6.07) is 10.9. The zero-order chi connectivity index (χ0) is 15.9. The zero-order valence-corrected chi connectivity index (χ0v) is 14.1. The van der Waals surface area contributed by atoms with Crippen LogP contribution >= 0.6 is 0 Å². The summed E-state index contributed by atoms with van der Waals surface area (Å²) in [4.78, 5) is 4.34. The summed E-state index contributed by atoms with van der Waals surface area (Å²) >= 11 is 0. The number of benzene rings is 1. The van der Waals surface area contributed by atoms with Crippen molar-refractivity contribution in [2.75, 3.05) is 0 Å². The number of imidazole rings is 1. The lowest BCUT2D eigenvalue weighted by Gasteiger charge is -2.16. The summed E-state index contributed by atoms with van der Waals surface area (Å²) in [5.74, 6) is 0. The van der Waals surface area contributed by atoms with Crippen LogP contribution in [0.1, 0.15) is 57.8 Å². The van der Waals surface area contributed by atoms with E-state index in [1.165, 1.54) is 22.4 Å². The van der Waals surface area contributed by atoms with E-state index in [1.54, 1.807) is 0 Å². The fraction of sp³-hybridized carbons (Fsp3) is 0.350. The molecule has 0 radical (unpaired) electrons. The molecule has 0 aliphatic rings. The molecule has 0 unspecified atom stereocenters. The number of hydrogen-bond acceptors (Lipinski definition) is 1. The molecule has 1 aromatic heterocycles. The topological polar surface area (TPSA) is 17.8 Å². The van der Waals surface area contributed by atoms with E-state index in [2.05, 4.69) is 79.7 Å².